The Hall–Kier alpha value is -1.49. The van der Waals surface area contributed by atoms with Crippen molar-refractivity contribution in [3.63, 3.8) is 0 Å². The van der Waals surface area contributed by atoms with Crippen LogP contribution in [0.1, 0.15) is 17.0 Å². The smallest absolute Gasteiger partial charge is 0.233 e. The van der Waals surface area contributed by atoms with E-state index in [9.17, 15) is 4.79 Å². The second kappa shape index (κ2) is 7.84. The van der Waals surface area contributed by atoms with Gasteiger partial charge in [-0.2, -0.15) is 0 Å². The van der Waals surface area contributed by atoms with Crippen molar-refractivity contribution in [2.75, 3.05) is 18.8 Å². The van der Waals surface area contributed by atoms with E-state index >= 15 is 0 Å². The summed E-state index contributed by atoms with van der Waals surface area (Å²) in [5.41, 5.74) is 1.98. The summed E-state index contributed by atoms with van der Waals surface area (Å²) in [6.07, 6.45) is 3.45. The van der Waals surface area contributed by atoms with Gasteiger partial charge in [-0.1, -0.05) is 17.3 Å². The number of thioether (sulfide) groups is 1. The summed E-state index contributed by atoms with van der Waals surface area (Å²) in [7, 11) is 0. The highest BCUT2D eigenvalue weighted by molar-refractivity contribution is 7.99. The Balaban J connectivity index is 2.45. The molecule has 19 heavy (non-hydrogen) atoms. The minimum absolute atomic E-state index is 0.0940. The number of aromatic nitrogens is 1. The van der Waals surface area contributed by atoms with Crippen LogP contribution in [0.25, 0.3) is 0 Å². The van der Waals surface area contributed by atoms with Gasteiger partial charge < -0.3 is 9.42 Å². The van der Waals surface area contributed by atoms with Crippen LogP contribution >= 0.6 is 11.8 Å². The Morgan fingerprint density at radius 1 is 1.37 bits per heavy atom. The summed E-state index contributed by atoms with van der Waals surface area (Å²) in [6.45, 7) is 12.2. The predicted octanol–water partition coefficient (Wildman–Crippen LogP) is 2.73. The molecule has 0 atom stereocenters. The lowest BCUT2D eigenvalue weighted by molar-refractivity contribution is -0.127. The molecule has 104 valence electrons. The van der Waals surface area contributed by atoms with Crippen LogP contribution in [-0.4, -0.2) is 34.8 Å². The zero-order valence-electron chi connectivity index (χ0n) is 11.5. The molecule has 4 nitrogen and oxygen atoms in total. The summed E-state index contributed by atoms with van der Waals surface area (Å²) in [5.74, 6) is 2.09. The van der Waals surface area contributed by atoms with Crippen molar-refractivity contribution in [2.45, 2.75) is 19.6 Å². The molecule has 0 saturated carbocycles. The van der Waals surface area contributed by atoms with Gasteiger partial charge in [0.2, 0.25) is 5.91 Å². The topological polar surface area (TPSA) is 46.3 Å². The summed E-state index contributed by atoms with van der Waals surface area (Å²) >= 11 is 1.57. The summed E-state index contributed by atoms with van der Waals surface area (Å²) in [6, 6.07) is 0. The molecule has 5 heteroatoms. The van der Waals surface area contributed by atoms with E-state index in [-0.39, 0.29) is 5.91 Å². The minimum Gasteiger partial charge on any atom is -0.361 e. The highest BCUT2D eigenvalue weighted by Crippen LogP contribution is 2.19. The van der Waals surface area contributed by atoms with E-state index in [1.54, 1.807) is 28.8 Å². The van der Waals surface area contributed by atoms with Crippen molar-refractivity contribution in [1.82, 2.24) is 10.1 Å². The van der Waals surface area contributed by atoms with E-state index < -0.39 is 0 Å². The highest BCUT2D eigenvalue weighted by Gasteiger charge is 2.13. The predicted molar refractivity (Wildman–Crippen MR) is 79.1 cm³/mol. The number of carbonyl (C=O) groups is 1. The van der Waals surface area contributed by atoms with Gasteiger partial charge in [-0.05, 0) is 13.8 Å². The maximum atomic E-state index is 12.0. The van der Waals surface area contributed by atoms with Crippen molar-refractivity contribution < 1.29 is 9.32 Å². The van der Waals surface area contributed by atoms with Crippen LogP contribution in [-0.2, 0) is 10.5 Å². The van der Waals surface area contributed by atoms with Gasteiger partial charge in [-0.3, -0.25) is 4.79 Å². The lowest BCUT2D eigenvalue weighted by Gasteiger charge is -2.18. The number of rotatable bonds is 8. The number of carbonyl (C=O) groups excluding carboxylic acids is 1. The molecule has 0 aromatic carbocycles. The number of hydrogen-bond acceptors (Lipinski definition) is 4. The molecule has 1 aromatic rings. The summed E-state index contributed by atoms with van der Waals surface area (Å²) in [4.78, 5) is 13.7. The number of hydrogen-bond donors (Lipinski definition) is 0. The normalized spacial score (nSPS) is 10.2. The molecule has 0 radical (unpaired) electrons. The van der Waals surface area contributed by atoms with Gasteiger partial charge in [0.05, 0.1) is 11.4 Å². The Labute approximate surface area is 118 Å². The SMILES string of the molecule is C=CCN(CC=C)C(=O)CSCc1c(C)noc1C. The van der Waals surface area contributed by atoms with Gasteiger partial charge in [-0.15, -0.1) is 24.9 Å². The van der Waals surface area contributed by atoms with Crippen LogP contribution in [0.5, 0.6) is 0 Å². The molecule has 0 N–H and O–H groups in total. The van der Waals surface area contributed by atoms with Crippen LogP contribution in [0.3, 0.4) is 0 Å². The third-order valence-corrected chi connectivity index (χ3v) is 3.65. The van der Waals surface area contributed by atoms with E-state index in [2.05, 4.69) is 18.3 Å². The number of amides is 1. The summed E-state index contributed by atoms with van der Waals surface area (Å²) in [5, 5.41) is 3.90. The van der Waals surface area contributed by atoms with Crippen molar-refractivity contribution >= 4 is 17.7 Å². The standard InChI is InChI=1S/C14H20N2O2S/c1-5-7-16(8-6-2)14(17)10-19-9-13-11(3)15-18-12(13)4/h5-6H,1-2,7-10H2,3-4H3. The zero-order valence-corrected chi connectivity index (χ0v) is 12.3. The lowest BCUT2D eigenvalue weighted by Crippen LogP contribution is -2.32. The number of aryl methyl sites for hydroxylation is 2. The third-order valence-electron chi connectivity index (χ3n) is 2.70. The Bertz CT molecular complexity index is 425. The van der Waals surface area contributed by atoms with Gasteiger partial charge in [0.15, 0.2) is 0 Å². The van der Waals surface area contributed by atoms with E-state index in [0.717, 1.165) is 22.8 Å². The van der Waals surface area contributed by atoms with Crippen LogP contribution < -0.4 is 0 Å². The second-order valence-electron chi connectivity index (χ2n) is 4.17. The van der Waals surface area contributed by atoms with Gasteiger partial charge >= 0.3 is 0 Å². The molecule has 1 amide bonds. The molecule has 0 saturated heterocycles. The zero-order chi connectivity index (χ0) is 14.3. The molecular formula is C14H20N2O2S. The first-order valence-corrected chi connectivity index (χ1v) is 7.24. The number of nitrogens with zero attached hydrogens (tertiary/aromatic N) is 2. The molecule has 1 heterocycles. The maximum absolute atomic E-state index is 12.0. The van der Waals surface area contributed by atoms with Crippen LogP contribution in [0.4, 0.5) is 0 Å². The largest absolute Gasteiger partial charge is 0.361 e. The van der Waals surface area contributed by atoms with Crippen molar-refractivity contribution in [3.8, 4) is 0 Å². The molecular weight excluding hydrogens is 260 g/mol. The van der Waals surface area contributed by atoms with E-state index in [1.807, 2.05) is 13.8 Å². The van der Waals surface area contributed by atoms with Gasteiger partial charge in [0.1, 0.15) is 5.76 Å². The molecule has 1 rings (SSSR count). The van der Waals surface area contributed by atoms with Crippen molar-refractivity contribution in [2.24, 2.45) is 0 Å². The second-order valence-corrected chi connectivity index (χ2v) is 5.16. The molecule has 0 unspecified atom stereocenters. The fraction of sp³-hybridized carbons (Fsp3) is 0.429. The first kappa shape index (κ1) is 15.6. The monoisotopic (exact) mass is 280 g/mol. The van der Waals surface area contributed by atoms with Gasteiger partial charge in [0.25, 0.3) is 0 Å². The molecule has 0 bridgehead atoms. The Morgan fingerprint density at radius 2 is 2.00 bits per heavy atom. The molecule has 0 spiro atoms. The Kier molecular flexibility index (Phi) is 6.42. The van der Waals surface area contributed by atoms with Crippen LogP contribution in [0, 0.1) is 13.8 Å². The maximum Gasteiger partial charge on any atom is 0.233 e. The molecule has 0 aliphatic carbocycles. The van der Waals surface area contributed by atoms with E-state index in [1.165, 1.54) is 0 Å². The Morgan fingerprint density at radius 3 is 2.47 bits per heavy atom. The molecule has 0 aliphatic heterocycles. The fourth-order valence-electron chi connectivity index (χ4n) is 1.63. The third kappa shape index (κ3) is 4.59. The average Bonchev–Trinajstić information content (AvgIpc) is 2.70. The lowest BCUT2D eigenvalue weighted by atomic mass is 10.2. The highest BCUT2D eigenvalue weighted by atomic mass is 32.2. The van der Waals surface area contributed by atoms with E-state index in [4.69, 9.17) is 4.52 Å². The molecule has 1 aromatic heterocycles. The van der Waals surface area contributed by atoms with Gasteiger partial charge in [-0.25, -0.2) is 0 Å². The molecule has 0 aliphatic rings. The fourth-order valence-corrected chi connectivity index (χ4v) is 2.71. The first-order chi connectivity index (χ1) is 9.10. The van der Waals surface area contributed by atoms with Crippen molar-refractivity contribution in [3.05, 3.63) is 42.3 Å². The first-order valence-electron chi connectivity index (χ1n) is 6.09. The van der Waals surface area contributed by atoms with Crippen LogP contribution in [0.15, 0.2) is 29.8 Å². The van der Waals surface area contributed by atoms with Crippen LogP contribution in [0.2, 0.25) is 0 Å². The minimum atomic E-state index is 0.0940. The molecule has 0 fully saturated rings. The average molecular weight is 280 g/mol. The van der Waals surface area contributed by atoms with E-state index in [0.29, 0.717) is 18.8 Å². The van der Waals surface area contributed by atoms with Gasteiger partial charge in [0, 0.05) is 24.4 Å². The quantitative estimate of drug-likeness (QED) is 0.687. The summed E-state index contributed by atoms with van der Waals surface area (Å²) < 4.78 is 5.09. The van der Waals surface area contributed by atoms with Crippen molar-refractivity contribution in [1.29, 1.82) is 0 Å².